The fourth-order valence-electron chi connectivity index (χ4n) is 3.23. The average Bonchev–Trinajstić information content (AvgIpc) is 3.22. The monoisotopic (exact) mass is 452 g/mol. The van der Waals surface area contributed by atoms with Crippen molar-refractivity contribution in [1.82, 2.24) is 20.3 Å². The van der Waals surface area contributed by atoms with Crippen LogP contribution in [0.15, 0.2) is 36.5 Å². The molecule has 1 aromatic heterocycles. The van der Waals surface area contributed by atoms with Crippen molar-refractivity contribution in [2.45, 2.75) is 11.6 Å². The van der Waals surface area contributed by atoms with Crippen molar-refractivity contribution in [2.24, 2.45) is 0 Å². The predicted octanol–water partition coefficient (Wildman–Crippen LogP) is 1.50. The van der Waals surface area contributed by atoms with Crippen LogP contribution in [0.1, 0.15) is 16.1 Å². The molecule has 1 aromatic carbocycles. The summed E-state index contributed by atoms with van der Waals surface area (Å²) in [5.41, 5.74) is 3.81. The number of hydrogen-bond acceptors (Lipinski definition) is 7. The number of hydrogen-bond donors (Lipinski definition) is 2. The molecule has 0 saturated carbocycles. The number of rotatable bonds is 4. The van der Waals surface area contributed by atoms with E-state index in [-0.39, 0.29) is 11.6 Å². The van der Waals surface area contributed by atoms with E-state index >= 15 is 0 Å². The minimum absolute atomic E-state index is 0.290. The van der Waals surface area contributed by atoms with Gasteiger partial charge in [0.25, 0.3) is 17.7 Å². The van der Waals surface area contributed by atoms with E-state index in [1.807, 2.05) is 0 Å². The molecule has 162 valence electrons. The molecule has 3 amide bonds. The van der Waals surface area contributed by atoms with E-state index in [0.717, 1.165) is 6.20 Å². The summed E-state index contributed by atoms with van der Waals surface area (Å²) < 4.78 is 38.3. The zero-order valence-corrected chi connectivity index (χ0v) is 16.5. The van der Waals surface area contributed by atoms with E-state index in [1.165, 1.54) is 21.6 Å². The van der Waals surface area contributed by atoms with Crippen LogP contribution in [0.2, 0.25) is 0 Å². The standard InChI is InChI=1S/C18H15F3N6O3S/c19-18(20,21)12-5-6-22-17(23-12)25-24-13(28)9-27-11-4-2-1-3-10(11)14(29)26-7-8-31-16(26)15(27)30/h1-6,16H,7-9H2,(H,24,28)(H,22,23,25). The molecule has 13 heteroatoms. The summed E-state index contributed by atoms with van der Waals surface area (Å²) in [6.07, 6.45) is -3.76. The fourth-order valence-corrected chi connectivity index (χ4v) is 4.40. The minimum Gasteiger partial charge on any atom is -0.317 e. The van der Waals surface area contributed by atoms with Gasteiger partial charge in [-0.15, -0.1) is 11.8 Å². The maximum Gasteiger partial charge on any atom is 0.433 e. The topological polar surface area (TPSA) is 108 Å². The summed E-state index contributed by atoms with van der Waals surface area (Å²) in [6.45, 7) is -0.0390. The van der Waals surface area contributed by atoms with Gasteiger partial charge in [0.2, 0.25) is 5.95 Å². The highest BCUT2D eigenvalue weighted by Crippen LogP contribution is 2.35. The van der Waals surface area contributed by atoms with Gasteiger partial charge in [0.15, 0.2) is 5.37 Å². The summed E-state index contributed by atoms with van der Waals surface area (Å²) >= 11 is 1.31. The lowest BCUT2D eigenvalue weighted by molar-refractivity contribution is -0.141. The van der Waals surface area contributed by atoms with Crippen LogP contribution in [0, 0.1) is 0 Å². The number of nitrogens with one attached hydrogen (secondary N) is 2. The van der Waals surface area contributed by atoms with Gasteiger partial charge >= 0.3 is 6.18 Å². The largest absolute Gasteiger partial charge is 0.433 e. The summed E-state index contributed by atoms with van der Waals surface area (Å²) in [5.74, 6) is -1.31. The number of anilines is 2. The van der Waals surface area contributed by atoms with Crippen LogP contribution >= 0.6 is 11.8 Å². The Balaban J connectivity index is 1.51. The number of aromatic nitrogens is 2. The molecule has 31 heavy (non-hydrogen) atoms. The van der Waals surface area contributed by atoms with Gasteiger partial charge in [-0.25, -0.2) is 9.97 Å². The Labute approximate surface area is 178 Å². The number of thioether (sulfide) groups is 1. The molecular formula is C18H15F3N6O3S. The SMILES string of the molecule is O=C(CN1C(=O)C2SCCN2C(=O)c2ccccc21)NNc1nccc(C(F)(F)F)n1. The number of nitrogens with zero attached hydrogens (tertiary/aromatic N) is 4. The molecule has 2 aromatic rings. The van der Waals surface area contributed by atoms with E-state index in [9.17, 15) is 27.6 Å². The van der Waals surface area contributed by atoms with Gasteiger partial charge < -0.3 is 4.90 Å². The lowest BCUT2D eigenvalue weighted by Gasteiger charge is -2.24. The van der Waals surface area contributed by atoms with Crippen LogP contribution in [0.5, 0.6) is 0 Å². The minimum atomic E-state index is -4.66. The molecule has 2 aliphatic heterocycles. The van der Waals surface area contributed by atoms with Crippen LogP contribution in [0.3, 0.4) is 0 Å². The van der Waals surface area contributed by atoms with Crippen molar-refractivity contribution in [3.8, 4) is 0 Å². The maximum atomic E-state index is 13.1. The Morgan fingerprint density at radius 2 is 2.00 bits per heavy atom. The highest BCUT2D eigenvalue weighted by atomic mass is 32.2. The molecule has 1 unspecified atom stereocenters. The zero-order chi connectivity index (χ0) is 22.2. The Morgan fingerprint density at radius 3 is 2.77 bits per heavy atom. The molecule has 0 spiro atoms. The van der Waals surface area contributed by atoms with E-state index < -0.39 is 41.6 Å². The lowest BCUT2D eigenvalue weighted by Crippen LogP contribution is -2.48. The van der Waals surface area contributed by atoms with Crippen LogP contribution in [-0.2, 0) is 15.8 Å². The Hall–Kier alpha value is -3.35. The Kier molecular flexibility index (Phi) is 5.43. The first-order chi connectivity index (χ1) is 14.8. The second-order valence-corrected chi connectivity index (χ2v) is 7.79. The van der Waals surface area contributed by atoms with Gasteiger partial charge in [-0.3, -0.25) is 30.1 Å². The van der Waals surface area contributed by atoms with Crippen LogP contribution in [0.25, 0.3) is 0 Å². The first-order valence-electron chi connectivity index (χ1n) is 9.04. The van der Waals surface area contributed by atoms with E-state index in [0.29, 0.717) is 23.9 Å². The molecule has 4 rings (SSSR count). The molecule has 2 aliphatic rings. The summed E-state index contributed by atoms with van der Waals surface area (Å²) in [4.78, 5) is 47.9. The number of benzene rings is 1. The van der Waals surface area contributed by atoms with Crippen molar-refractivity contribution >= 4 is 41.1 Å². The molecule has 0 aliphatic carbocycles. The number of fused-ring (bicyclic) bond motifs is 2. The van der Waals surface area contributed by atoms with Crippen LogP contribution in [0.4, 0.5) is 24.8 Å². The van der Waals surface area contributed by atoms with E-state index in [4.69, 9.17) is 0 Å². The van der Waals surface area contributed by atoms with Crippen LogP contribution in [-0.4, -0.2) is 56.8 Å². The average molecular weight is 452 g/mol. The third kappa shape index (κ3) is 4.13. The van der Waals surface area contributed by atoms with Crippen molar-refractivity contribution in [1.29, 1.82) is 0 Å². The number of alkyl halides is 3. The Bertz CT molecular complexity index is 1050. The third-order valence-electron chi connectivity index (χ3n) is 4.62. The smallest absolute Gasteiger partial charge is 0.317 e. The summed E-state index contributed by atoms with van der Waals surface area (Å²) in [7, 11) is 0. The molecule has 2 N–H and O–H groups in total. The number of carbonyl (C=O) groups is 3. The molecule has 0 bridgehead atoms. The zero-order valence-electron chi connectivity index (χ0n) is 15.7. The van der Waals surface area contributed by atoms with E-state index in [1.54, 1.807) is 24.3 Å². The second-order valence-electron chi connectivity index (χ2n) is 6.60. The van der Waals surface area contributed by atoms with E-state index in [2.05, 4.69) is 20.8 Å². The normalized spacial score (nSPS) is 18.4. The molecule has 1 saturated heterocycles. The molecule has 9 nitrogen and oxygen atoms in total. The molecule has 0 radical (unpaired) electrons. The van der Waals surface area contributed by atoms with Gasteiger partial charge in [0.05, 0.1) is 11.3 Å². The third-order valence-corrected chi connectivity index (χ3v) is 5.81. The number of para-hydroxylation sites is 1. The summed E-state index contributed by atoms with van der Waals surface area (Å²) in [6, 6.07) is 7.14. The lowest BCUT2D eigenvalue weighted by atomic mass is 10.1. The van der Waals surface area contributed by atoms with Crippen molar-refractivity contribution in [3.63, 3.8) is 0 Å². The van der Waals surface area contributed by atoms with Gasteiger partial charge in [-0.1, -0.05) is 12.1 Å². The highest BCUT2D eigenvalue weighted by molar-refractivity contribution is 8.00. The first kappa shape index (κ1) is 20.9. The number of carbonyl (C=O) groups excluding carboxylic acids is 3. The summed E-state index contributed by atoms with van der Waals surface area (Å²) in [5, 5.41) is -0.743. The van der Waals surface area contributed by atoms with Crippen molar-refractivity contribution in [3.05, 3.63) is 47.8 Å². The molecule has 1 atom stereocenters. The quantitative estimate of drug-likeness (QED) is 0.677. The van der Waals surface area contributed by atoms with Crippen molar-refractivity contribution < 1.29 is 27.6 Å². The molecule has 1 fully saturated rings. The van der Waals surface area contributed by atoms with Gasteiger partial charge in [-0.2, -0.15) is 13.2 Å². The van der Waals surface area contributed by atoms with Gasteiger partial charge in [0.1, 0.15) is 12.2 Å². The number of hydrazine groups is 1. The van der Waals surface area contributed by atoms with Crippen LogP contribution < -0.4 is 15.8 Å². The molecular weight excluding hydrogens is 437 g/mol. The maximum absolute atomic E-state index is 13.1. The van der Waals surface area contributed by atoms with Crippen molar-refractivity contribution in [2.75, 3.05) is 29.2 Å². The number of halogens is 3. The first-order valence-corrected chi connectivity index (χ1v) is 10.1. The second kappa shape index (κ2) is 8.06. The number of amides is 3. The Morgan fingerprint density at radius 1 is 1.23 bits per heavy atom. The predicted molar refractivity (Wildman–Crippen MR) is 105 cm³/mol. The highest BCUT2D eigenvalue weighted by Gasteiger charge is 2.43. The molecule has 3 heterocycles. The van der Waals surface area contributed by atoms with Gasteiger partial charge in [0, 0.05) is 18.5 Å². The fraction of sp³-hybridized carbons (Fsp3) is 0.278. The van der Waals surface area contributed by atoms with Gasteiger partial charge in [-0.05, 0) is 18.2 Å².